The molecule has 0 aliphatic carbocycles. The first-order chi connectivity index (χ1) is 16.1. The number of amides is 6. The fourth-order valence-electron chi connectivity index (χ4n) is 3.94. The smallest absolute Gasteiger partial charge is 0.320 e. The second-order valence-electron chi connectivity index (χ2n) is 8.80. The van der Waals surface area contributed by atoms with E-state index in [-0.39, 0.29) is 31.2 Å². The van der Waals surface area contributed by atoms with Gasteiger partial charge in [0.2, 0.25) is 17.7 Å². The van der Waals surface area contributed by atoms with E-state index in [2.05, 4.69) is 21.3 Å². The van der Waals surface area contributed by atoms with E-state index in [1.54, 1.807) is 56.3 Å². The molecule has 1 atom stereocenters. The largest absolute Gasteiger partial charge is 0.324 e. The maximum absolute atomic E-state index is 13.0. The van der Waals surface area contributed by atoms with E-state index in [9.17, 15) is 24.0 Å². The average Bonchev–Trinajstić information content (AvgIpc) is 3.10. The lowest BCUT2D eigenvalue weighted by atomic mass is 10.0. The number of hydrogen-bond acceptors (Lipinski definition) is 5. The van der Waals surface area contributed by atoms with Gasteiger partial charge < -0.3 is 20.9 Å². The quantitative estimate of drug-likeness (QED) is 0.503. The Bertz CT molecular complexity index is 1180. The number of urea groups is 1. The van der Waals surface area contributed by atoms with E-state index in [0.717, 1.165) is 5.56 Å². The first-order valence-electron chi connectivity index (χ1n) is 10.9. The number of anilines is 2. The van der Waals surface area contributed by atoms with Gasteiger partial charge in [-0.15, -0.1) is 0 Å². The molecule has 2 aliphatic heterocycles. The van der Waals surface area contributed by atoms with Crippen LogP contribution in [0.15, 0.2) is 48.5 Å². The van der Waals surface area contributed by atoms with Gasteiger partial charge in [0, 0.05) is 29.9 Å². The highest BCUT2D eigenvalue weighted by Gasteiger charge is 2.39. The highest BCUT2D eigenvalue weighted by Crippen LogP contribution is 2.29. The molecule has 10 nitrogen and oxygen atoms in total. The number of piperidine rings is 1. The van der Waals surface area contributed by atoms with Crippen molar-refractivity contribution in [3.8, 4) is 0 Å². The number of imide groups is 1. The Hall–Kier alpha value is -4.21. The second kappa shape index (κ2) is 8.97. The third-order valence-electron chi connectivity index (χ3n) is 5.81. The van der Waals surface area contributed by atoms with Crippen LogP contribution in [0.1, 0.15) is 42.6 Å². The van der Waals surface area contributed by atoms with Crippen LogP contribution in [0.3, 0.4) is 0 Å². The van der Waals surface area contributed by atoms with Crippen LogP contribution in [0.2, 0.25) is 0 Å². The van der Waals surface area contributed by atoms with Crippen molar-refractivity contribution in [2.75, 3.05) is 10.6 Å². The molecular formula is C24H25N5O5. The predicted octanol–water partition coefficient (Wildman–Crippen LogP) is 1.99. The number of hydrogen-bond donors (Lipinski definition) is 4. The van der Waals surface area contributed by atoms with Crippen LogP contribution in [-0.4, -0.2) is 46.1 Å². The fourth-order valence-corrected chi connectivity index (χ4v) is 3.94. The number of carbonyl (C=O) groups is 5. The summed E-state index contributed by atoms with van der Waals surface area (Å²) in [6, 6.07) is 12.5. The number of nitrogens with one attached hydrogen (secondary N) is 4. The van der Waals surface area contributed by atoms with Gasteiger partial charge in [-0.2, -0.15) is 0 Å². The Balaban J connectivity index is 1.41. The Kier molecular flexibility index (Phi) is 6.06. The molecular weight excluding hydrogens is 438 g/mol. The van der Waals surface area contributed by atoms with Crippen molar-refractivity contribution in [3.05, 3.63) is 59.7 Å². The molecule has 0 radical (unpaired) electrons. The standard InChI is InChI=1S/C24H25N5O5/c1-24(2,28-23(34)26-15-6-4-3-5-7-15)22(33)25-16-9-8-14-13-29(21(32)17(14)12-16)18-10-11-19(30)27-20(18)31/h3-9,12,18H,10-11,13H2,1-2H3,(H,25,33)(H2,26,28,34)(H,27,30,31). The lowest BCUT2D eigenvalue weighted by Crippen LogP contribution is -2.53. The monoisotopic (exact) mass is 463 g/mol. The molecule has 0 saturated carbocycles. The van der Waals surface area contributed by atoms with Gasteiger partial charge in [0.05, 0.1) is 0 Å². The molecule has 4 rings (SSSR count). The molecule has 10 heteroatoms. The Morgan fingerprint density at radius 2 is 1.74 bits per heavy atom. The zero-order valence-corrected chi connectivity index (χ0v) is 18.8. The number of para-hydroxylation sites is 1. The zero-order valence-electron chi connectivity index (χ0n) is 18.8. The van der Waals surface area contributed by atoms with E-state index < -0.39 is 29.4 Å². The lowest BCUT2D eigenvalue weighted by Gasteiger charge is -2.29. The van der Waals surface area contributed by atoms with Crippen molar-refractivity contribution in [3.63, 3.8) is 0 Å². The molecule has 2 aliphatic rings. The normalized spacial score (nSPS) is 17.6. The van der Waals surface area contributed by atoms with Crippen LogP contribution in [0, 0.1) is 0 Å². The molecule has 2 aromatic rings. The average molecular weight is 463 g/mol. The molecule has 0 bridgehead atoms. The van der Waals surface area contributed by atoms with Gasteiger partial charge in [0.25, 0.3) is 5.91 Å². The topological polar surface area (TPSA) is 137 Å². The van der Waals surface area contributed by atoms with Crippen LogP contribution in [-0.2, 0) is 20.9 Å². The lowest BCUT2D eigenvalue weighted by molar-refractivity contribution is -0.137. The summed E-state index contributed by atoms with van der Waals surface area (Å²) in [5.74, 6) is -1.63. The molecule has 4 N–H and O–H groups in total. The Morgan fingerprint density at radius 3 is 2.44 bits per heavy atom. The van der Waals surface area contributed by atoms with Crippen molar-refractivity contribution < 1.29 is 24.0 Å². The van der Waals surface area contributed by atoms with Gasteiger partial charge in [-0.3, -0.25) is 24.5 Å². The minimum atomic E-state index is -1.25. The summed E-state index contributed by atoms with van der Waals surface area (Å²) in [6.07, 6.45) is 0.455. The summed E-state index contributed by atoms with van der Waals surface area (Å²) in [7, 11) is 0. The highest BCUT2D eigenvalue weighted by atomic mass is 16.2. The predicted molar refractivity (Wildman–Crippen MR) is 124 cm³/mol. The van der Waals surface area contributed by atoms with Crippen molar-refractivity contribution >= 4 is 41.0 Å². The summed E-state index contributed by atoms with van der Waals surface area (Å²) in [6.45, 7) is 3.38. The van der Waals surface area contributed by atoms with Crippen molar-refractivity contribution in [1.29, 1.82) is 0 Å². The molecule has 6 amide bonds. The van der Waals surface area contributed by atoms with E-state index in [1.807, 2.05) is 6.07 Å². The fraction of sp³-hybridized carbons (Fsp3) is 0.292. The molecule has 34 heavy (non-hydrogen) atoms. The van der Waals surface area contributed by atoms with Gasteiger partial charge in [-0.1, -0.05) is 24.3 Å². The van der Waals surface area contributed by atoms with Gasteiger partial charge in [0.15, 0.2) is 0 Å². The summed E-state index contributed by atoms with van der Waals surface area (Å²) in [5.41, 5.74) is 0.845. The van der Waals surface area contributed by atoms with Gasteiger partial charge in [0.1, 0.15) is 11.6 Å². The number of carbonyl (C=O) groups excluding carboxylic acids is 5. The minimum absolute atomic E-state index is 0.178. The zero-order chi connectivity index (χ0) is 24.5. The molecule has 1 saturated heterocycles. The molecule has 2 aromatic carbocycles. The number of nitrogens with zero attached hydrogens (tertiary/aromatic N) is 1. The van der Waals surface area contributed by atoms with Crippen molar-refractivity contribution in [1.82, 2.24) is 15.5 Å². The molecule has 176 valence electrons. The molecule has 1 unspecified atom stereocenters. The molecule has 0 spiro atoms. The highest BCUT2D eigenvalue weighted by molar-refractivity contribution is 6.07. The van der Waals surface area contributed by atoms with E-state index in [4.69, 9.17) is 0 Å². The third kappa shape index (κ3) is 4.75. The number of rotatable bonds is 5. The summed E-state index contributed by atoms with van der Waals surface area (Å²) in [5, 5.41) is 10.3. The summed E-state index contributed by atoms with van der Waals surface area (Å²) >= 11 is 0. The summed E-state index contributed by atoms with van der Waals surface area (Å²) < 4.78 is 0. The number of fused-ring (bicyclic) bond motifs is 1. The first-order valence-corrected chi connectivity index (χ1v) is 10.9. The van der Waals surface area contributed by atoms with Gasteiger partial charge in [-0.05, 0) is 50.1 Å². The van der Waals surface area contributed by atoms with Crippen molar-refractivity contribution in [2.45, 2.75) is 44.8 Å². The van der Waals surface area contributed by atoms with Crippen LogP contribution in [0.4, 0.5) is 16.2 Å². The SMILES string of the molecule is CC(C)(NC(=O)Nc1ccccc1)C(=O)Nc1ccc2c(c1)C(=O)N(C1CCC(=O)NC1=O)C2. The van der Waals surface area contributed by atoms with Crippen LogP contribution in [0.25, 0.3) is 0 Å². The number of benzene rings is 2. The Morgan fingerprint density at radius 1 is 1.00 bits per heavy atom. The van der Waals surface area contributed by atoms with Gasteiger partial charge >= 0.3 is 6.03 Å². The molecule has 1 fully saturated rings. The maximum atomic E-state index is 13.0. The summed E-state index contributed by atoms with van der Waals surface area (Å²) in [4.78, 5) is 63.2. The second-order valence-corrected chi connectivity index (χ2v) is 8.80. The van der Waals surface area contributed by atoms with E-state index in [1.165, 1.54) is 4.90 Å². The minimum Gasteiger partial charge on any atom is -0.324 e. The third-order valence-corrected chi connectivity index (χ3v) is 5.81. The maximum Gasteiger partial charge on any atom is 0.320 e. The Labute approximate surface area is 196 Å². The van der Waals surface area contributed by atoms with E-state index in [0.29, 0.717) is 16.9 Å². The first kappa shape index (κ1) is 23.0. The van der Waals surface area contributed by atoms with Crippen LogP contribution < -0.4 is 21.3 Å². The molecule has 0 aromatic heterocycles. The van der Waals surface area contributed by atoms with Gasteiger partial charge in [-0.25, -0.2) is 4.79 Å². The van der Waals surface area contributed by atoms with Crippen LogP contribution in [0.5, 0.6) is 0 Å². The van der Waals surface area contributed by atoms with Crippen molar-refractivity contribution in [2.24, 2.45) is 0 Å². The molecule has 2 heterocycles. The van der Waals surface area contributed by atoms with Crippen LogP contribution >= 0.6 is 0 Å². The van der Waals surface area contributed by atoms with E-state index >= 15 is 0 Å².